The first-order valence-corrected chi connectivity index (χ1v) is 5.08. The fourth-order valence-electron chi connectivity index (χ4n) is 2.40. The maximum Gasteiger partial charge on any atom is 0.310 e. The van der Waals surface area contributed by atoms with Crippen LogP contribution in [-0.4, -0.2) is 25.7 Å². The van der Waals surface area contributed by atoms with Gasteiger partial charge in [0.25, 0.3) is 0 Å². The number of carbonyl (C=O) groups excluding carboxylic acids is 2. The second-order valence-corrected chi connectivity index (χ2v) is 4.11. The predicted octanol–water partition coefficient (Wildman–Crippen LogP) is 0.771. The number of ether oxygens (including phenoxy) is 2. The average molecular weight is 210 g/mol. The summed E-state index contributed by atoms with van der Waals surface area (Å²) in [5, 5.41) is 0. The van der Waals surface area contributed by atoms with Gasteiger partial charge in [-0.15, -0.1) is 0 Å². The molecule has 4 heteroatoms. The van der Waals surface area contributed by atoms with Gasteiger partial charge >= 0.3 is 11.9 Å². The molecule has 4 atom stereocenters. The number of esters is 2. The Balaban J connectivity index is 2.30. The summed E-state index contributed by atoms with van der Waals surface area (Å²) in [7, 11) is 1.35. The zero-order chi connectivity index (χ0) is 11.0. The van der Waals surface area contributed by atoms with E-state index < -0.39 is 0 Å². The Labute approximate surface area is 88.2 Å². The highest BCUT2D eigenvalue weighted by atomic mass is 16.5. The lowest BCUT2D eigenvalue weighted by Gasteiger charge is -2.29. The van der Waals surface area contributed by atoms with Gasteiger partial charge in [-0.05, 0) is 5.92 Å². The number of carbonyl (C=O) groups is 2. The molecule has 1 fully saturated rings. The molecule has 0 radical (unpaired) electrons. The molecule has 0 aromatic carbocycles. The predicted molar refractivity (Wildman–Crippen MR) is 51.7 cm³/mol. The normalized spacial score (nSPS) is 38.4. The number of methoxy groups -OCH3 is 1. The molecule has 0 bridgehead atoms. The van der Waals surface area contributed by atoms with Crippen LogP contribution in [0.3, 0.4) is 0 Å². The van der Waals surface area contributed by atoms with Crippen LogP contribution in [0.4, 0.5) is 0 Å². The molecule has 2 aliphatic rings. The quantitative estimate of drug-likeness (QED) is 0.474. The van der Waals surface area contributed by atoms with Crippen LogP contribution < -0.4 is 0 Å². The van der Waals surface area contributed by atoms with Gasteiger partial charge in [0.05, 0.1) is 25.6 Å². The molecule has 0 spiro atoms. The van der Waals surface area contributed by atoms with Crippen molar-refractivity contribution in [2.75, 3.05) is 13.7 Å². The van der Waals surface area contributed by atoms with Gasteiger partial charge in [-0.1, -0.05) is 19.1 Å². The van der Waals surface area contributed by atoms with Crippen molar-refractivity contribution >= 4 is 11.9 Å². The fourth-order valence-corrected chi connectivity index (χ4v) is 2.40. The van der Waals surface area contributed by atoms with E-state index in [0.717, 1.165) is 0 Å². The second-order valence-electron chi connectivity index (χ2n) is 4.11. The molecule has 0 aromatic heterocycles. The van der Waals surface area contributed by atoms with E-state index in [0.29, 0.717) is 6.61 Å². The van der Waals surface area contributed by atoms with Gasteiger partial charge in [-0.2, -0.15) is 0 Å². The molecule has 1 aliphatic carbocycles. The fraction of sp³-hybridized carbons (Fsp3) is 0.636. The summed E-state index contributed by atoms with van der Waals surface area (Å²) < 4.78 is 9.71. The molecule has 0 unspecified atom stereocenters. The molecule has 82 valence electrons. The summed E-state index contributed by atoms with van der Waals surface area (Å²) in [6, 6.07) is 0. The Bertz CT molecular complexity index is 321. The van der Waals surface area contributed by atoms with Crippen molar-refractivity contribution < 1.29 is 19.1 Å². The minimum absolute atomic E-state index is 0.0318. The summed E-state index contributed by atoms with van der Waals surface area (Å²) in [6.45, 7) is 2.31. The maximum atomic E-state index is 11.6. The van der Waals surface area contributed by atoms with Crippen molar-refractivity contribution in [2.24, 2.45) is 23.7 Å². The first-order valence-electron chi connectivity index (χ1n) is 5.08. The van der Waals surface area contributed by atoms with Crippen molar-refractivity contribution in [2.45, 2.75) is 6.92 Å². The Hall–Kier alpha value is -1.32. The Morgan fingerprint density at radius 1 is 1.53 bits per heavy atom. The molecule has 0 saturated carbocycles. The third-order valence-electron chi connectivity index (χ3n) is 3.24. The molecule has 1 saturated heterocycles. The van der Waals surface area contributed by atoms with Crippen LogP contribution in [0, 0.1) is 23.7 Å². The SMILES string of the molecule is COC(=O)[C@H]1[C@H]2C(=O)OC[C@@H]2C=C[C@@H]1C. The van der Waals surface area contributed by atoms with E-state index in [1.807, 2.05) is 19.1 Å². The third kappa shape index (κ3) is 1.54. The molecule has 0 aromatic rings. The smallest absolute Gasteiger partial charge is 0.310 e. The van der Waals surface area contributed by atoms with Crippen molar-refractivity contribution in [3.05, 3.63) is 12.2 Å². The van der Waals surface area contributed by atoms with E-state index in [4.69, 9.17) is 9.47 Å². The van der Waals surface area contributed by atoms with E-state index in [-0.39, 0.29) is 35.6 Å². The van der Waals surface area contributed by atoms with Gasteiger partial charge in [0.15, 0.2) is 0 Å². The lowest BCUT2D eigenvalue weighted by atomic mass is 9.72. The summed E-state index contributed by atoms with van der Waals surface area (Å²) >= 11 is 0. The summed E-state index contributed by atoms with van der Waals surface area (Å²) in [5.74, 6) is -1.26. The summed E-state index contributed by atoms with van der Waals surface area (Å²) in [6.07, 6.45) is 3.93. The second kappa shape index (κ2) is 3.68. The largest absolute Gasteiger partial charge is 0.469 e. The standard InChI is InChI=1S/C11H14O4/c1-6-3-4-7-5-15-11(13)9(7)8(6)10(12)14-2/h3-4,6-9H,5H2,1-2H3/t6-,7-,8+,9-/m0/s1. The molecular weight excluding hydrogens is 196 g/mol. The number of rotatable bonds is 1. The monoisotopic (exact) mass is 210 g/mol. The molecule has 0 N–H and O–H groups in total. The van der Waals surface area contributed by atoms with Gasteiger partial charge in [-0.3, -0.25) is 9.59 Å². The van der Waals surface area contributed by atoms with Crippen molar-refractivity contribution in [1.29, 1.82) is 0 Å². The first-order chi connectivity index (χ1) is 7.15. The first kappa shape index (κ1) is 10.2. The zero-order valence-electron chi connectivity index (χ0n) is 8.80. The lowest BCUT2D eigenvalue weighted by molar-refractivity contribution is -0.155. The van der Waals surface area contributed by atoms with Crippen LogP contribution in [0.2, 0.25) is 0 Å². The lowest BCUT2D eigenvalue weighted by Crippen LogP contribution is -2.38. The van der Waals surface area contributed by atoms with Crippen molar-refractivity contribution in [1.82, 2.24) is 0 Å². The molecule has 0 amide bonds. The Kier molecular flexibility index (Phi) is 2.50. The number of fused-ring (bicyclic) bond motifs is 1. The zero-order valence-corrected chi connectivity index (χ0v) is 8.80. The average Bonchev–Trinajstić information content (AvgIpc) is 2.60. The number of hydrogen-bond donors (Lipinski definition) is 0. The summed E-state index contributed by atoms with van der Waals surface area (Å²) in [5.41, 5.74) is 0. The van der Waals surface area contributed by atoms with E-state index in [1.54, 1.807) is 0 Å². The number of cyclic esters (lactones) is 1. The topological polar surface area (TPSA) is 52.6 Å². The molecule has 15 heavy (non-hydrogen) atoms. The van der Waals surface area contributed by atoms with Crippen LogP contribution in [0.5, 0.6) is 0 Å². The molecule has 4 nitrogen and oxygen atoms in total. The van der Waals surface area contributed by atoms with Crippen LogP contribution in [0.25, 0.3) is 0 Å². The minimum atomic E-state index is -0.389. The van der Waals surface area contributed by atoms with E-state index in [1.165, 1.54) is 7.11 Å². The van der Waals surface area contributed by atoms with Crippen LogP contribution in [0.1, 0.15) is 6.92 Å². The molecule has 2 rings (SSSR count). The van der Waals surface area contributed by atoms with Crippen LogP contribution >= 0.6 is 0 Å². The highest BCUT2D eigenvalue weighted by Crippen LogP contribution is 2.39. The van der Waals surface area contributed by atoms with Crippen molar-refractivity contribution in [3.8, 4) is 0 Å². The van der Waals surface area contributed by atoms with Gasteiger partial charge in [0.2, 0.25) is 0 Å². The van der Waals surface area contributed by atoms with Crippen LogP contribution in [0.15, 0.2) is 12.2 Å². The summed E-state index contributed by atoms with van der Waals surface area (Å²) in [4.78, 5) is 23.1. The number of hydrogen-bond acceptors (Lipinski definition) is 4. The molecule has 1 heterocycles. The third-order valence-corrected chi connectivity index (χ3v) is 3.24. The number of allylic oxidation sites excluding steroid dienone is 1. The van der Waals surface area contributed by atoms with Gasteiger partial charge in [0, 0.05) is 5.92 Å². The molecule has 1 aliphatic heterocycles. The highest BCUT2D eigenvalue weighted by molar-refractivity contribution is 5.84. The van der Waals surface area contributed by atoms with E-state index in [9.17, 15) is 9.59 Å². The van der Waals surface area contributed by atoms with Gasteiger partial charge < -0.3 is 9.47 Å². The van der Waals surface area contributed by atoms with Crippen LogP contribution in [-0.2, 0) is 19.1 Å². The minimum Gasteiger partial charge on any atom is -0.469 e. The highest BCUT2D eigenvalue weighted by Gasteiger charge is 2.48. The maximum absolute atomic E-state index is 11.6. The van der Waals surface area contributed by atoms with Gasteiger partial charge in [0.1, 0.15) is 0 Å². The Morgan fingerprint density at radius 3 is 2.93 bits per heavy atom. The van der Waals surface area contributed by atoms with E-state index >= 15 is 0 Å². The molecular formula is C11H14O4. The van der Waals surface area contributed by atoms with E-state index in [2.05, 4.69) is 0 Å². The Morgan fingerprint density at radius 2 is 2.27 bits per heavy atom. The van der Waals surface area contributed by atoms with Crippen molar-refractivity contribution in [3.63, 3.8) is 0 Å². The van der Waals surface area contributed by atoms with Gasteiger partial charge in [-0.25, -0.2) is 0 Å².